The minimum Gasteiger partial charge on any atom is -0.456 e. The van der Waals surface area contributed by atoms with E-state index in [0.717, 1.165) is 34.0 Å². The molecular formula is C17H18N2O2. The first-order chi connectivity index (χ1) is 10.2. The molecule has 0 saturated carbocycles. The van der Waals surface area contributed by atoms with Gasteiger partial charge in [0.25, 0.3) is 0 Å². The number of benzene rings is 2. The van der Waals surface area contributed by atoms with Crippen molar-refractivity contribution in [2.24, 2.45) is 5.73 Å². The predicted molar refractivity (Wildman–Crippen MR) is 85.2 cm³/mol. The summed E-state index contributed by atoms with van der Waals surface area (Å²) in [6.07, 6.45) is 1.57. The van der Waals surface area contributed by atoms with Crippen molar-refractivity contribution in [3.05, 3.63) is 42.5 Å². The SMILES string of the molecule is CCCC(N)C(=O)Nc1ccc2oc3ccccc3c2c1. The molecule has 0 spiro atoms. The number of amides is 1. The number of nitrogens with two attached hydrogens (primary N) is 1. The average molecular weight is 282 g/mol. The molecule has 3 rings (SSSR count). The minimum absolute atomic E-state index is 0.149. The van der Waals surface area contributed by atoms with Crippen LogP contribution in [0.2, 0.25) is 0 Å². The fourth-order valence-electron chi connectivity index (χ4n) is 2.48. The number of hydrogen-bond acceptors (Lipinski definition) is 3. The normalized spacial score (nSPS) is 12.7. The second kappa shape index (κ2) is 5.58. The zero-order valence-electron chi connectivity index (χ0n) is 11.9. The van der Waals surface area contributed by atoms with Crippen molar-refractivity contribution in [3.8, 4) is 0 Å². The fourth-order valence-corrected chi connectivity index (χ4v) is 2.48. The van der Waals surface area contributed by atoms with Crippen LogP contribution in [0, 0.1) is 0 Å². The molecule has 1 amide bonds. The van der Waals surface area contributed by atoms with Gasteiger partial charge in [-0.1, -0.05) is 31.5 Å². The van der Waals surface area contributed by atoms with Gasteiger partial charge in [-0.25, -0.2) is 0 Å². The van der Waals surface area contributed by atoms with Gasteiger partial charge in [0.1, 0.15) is 11.2 Å². The van der Waals surface area contributed by atoms with Crippen LogP contribution < -0.4 is 11.1 Å². The summed E-state index contributed by atoms with van der Waals surface area (Å²) < 4.78 is 5.76. The molecule has 4 heteroatoms. The maximum atomic E-state index is 12.0. The number of fused-ring (bicyclic) bond motifs is 3. The van der Waals surface area contributed by atoms with Gasteiger partial charge in [0, 0.05) is 16.5 Å². The molecule has 0 aliphatic carbocycles. The van der Waals surface area contributed by atoms with Crippen LogP contribution in [0.15, 0.2) is 46.9 Å². The molecule has 0 fully saturated rings. The highest BCUT2D eigenvalue weighted by molar-refractivity contribution is 6.07. The first kappa shape index (κ1) is 13.6. The molecule has 0 aliphatic rings. The van der Waals surface area contributed by atoms with E-state index in [1.165, 1.54) is 0 Å². The Bertz CT molecular complexity index is 792. The van der Waals surface area contributed by atoms with E-state index < -0.39 is 6.04 Å². The Morgan fingerprint density at radius 1 is 1.19 bits per heavy atom. The van der Waals surface area contributed by atoms with Crippen LogP contribution in [0.1, 0.15) is 19.8 Å². The van der Waals surface area contributed by atoms with E-state index in [1.54, 1.807) is 0 Å². The van der Waals surface area contributed by atoms with Crippen LogP contribution in [-0.4, -0.2) is 11.9 Å². The Balaban J connectivity index is 1.93. The summed E-state index contributed by atoms with van der Waals surface area (Å²) in [5.41, 5.74) is 8.23. The molecule has 0 bridgehead atoms. The molecule has 3 aromatic rings. The van der Waals surface area contributed by atoms with E-state index >= 15 is 0 Å². The minimum atomic E-state index is -0.466. The summed E-state index contributed by atoms with van der Waals surface area (Å²) in [5.74, 6) is -0.149. The zero-order chi connectivity index (χ0) is 14.8. The number of para-hydroxylation sites is 1. The lowest BCUT2D eigenvalue weighted by Gasteiger charge is -2.11. The van der Waals surface area contributed by atoms with E-state index in [0.29, 0.717) is 6.42 Å². The predicted octanol–water partition coefficient (Wildman–Crippen LogP) is 3.65. The number of nitrogens with one attached hydrogen (secondary N) is 1. The highest BCUT2D eigenvalue weighted by atomic mass is 16.3. The lowest BCUT2D eigenvalue weighted by Crippen LogP contribution is -2.35. The smallest absolute Gasteiger partial charge is 0.241 e. The molecule has 21 heavy (non-hydrogen) atoms. The largest absolute Gasteiger partial charge is 0.456 e. The van der Waals surface area contributed by atoms with E-state index in [1.807, 2.05) is 49.4 Å². The topological polar surface area (TPSA) is 68.3 Å². The number of hydrogen-bond donors (Lipinski definition) is 2. The maximum absolute atomic E-state index is 12.0. The van der Waals surface area contributed by atoms with Gasteiger partial charge >= 0.3 is 0 Å². The first-order valence-electron chi connectivity index (χ1n) is 7.17. The van der Waals surface area contributed by atoms with Crippen LogP contribution in [0.4, 0.5) is 5.69 Å². The number of rotatable bonds is 4. The molecule has 0 aliphatic heterocycles. The van der Waals surface area contributed by atoms with Gasteiger partial charge in [-0.05, 0) is 30.7 Å². The third-order valence-electron chi connectivity index (χ3n) is 3.58. The van der Waals surface area contributed by atoms with Crippen molar-refractivity contribution in [1.82, 2.24) is 0 Å². The van der Waals surface area contributed by atoms with Crippen LogP contribution in [0.25, 0.3) is 21.9 Å². The van der Waals surface area contributed by atoms with Gasteiger partial charge in [-0.3, -0.25) is 4.79 Å². The fraction of sp³-hybridized carbons (Fsp3) is 0.235. The Kier molecular flexibility index (Phi) is 3.62. The number of carbonyl (C=O) groups is 1. The molecule has 2 aromatic carbocycles. The second-order valence-corrected chi connectivity index (χ2v) is 5.19. The van der Waals surface area contributed by atoms with Crippen molar-refractivity contribution in [1.29, 1.82) is 0 Å². The van der Waals surface area contributed by atoms with Gasteiger partial charge in [0.05, 0.1) is 6.04 Å². The summed E-state index contributed by atoms with van der Waals surface area (Å²) in [6, 6.07) is 13.0. The standard InChI is InChI=1S/C17H18N2O2/c1-2-5-14(18)17(20)19-11-8-9-16-13(10-11)12-6-3-4-7-15(12)21-16/h3-4,6-10,14H,2,5,18H2,1H3,(H,19,20). The van der Waals surface area contributed by atoms with Crippen molar-refractivity contribution in [3.63, 3.8) is 0 Å². The summed E-state index contributed by atoms with van der Waals surface area (Å²) in [5, 5.41) is 4.90. The van der Waals surface area contributed by atoms with Gasteiger partial charge in [0.15, 0.2) is 0 Å². The van der Waals surface area contributed by atoms with Crippen LogP contribution in [0.3, 0.4) is 0 Å². The van der Waals surface area contributed by atoms with Crippen LogP contribution >= 0.6 is 0 Å². The second-order valence-electron chi connectivity index (χ2n) is 5.19. The quantitative estimate of drug-likeness (QED) is 0.767. The van der Waals surface area contributed by atoms with Crippen LogP contribution in [-0.2, 0) is 4.79 Å². The molecule has 1 aromatic heterocycles. The molecule has 3 N–H and O–H groups in total. The van der Waals surface area contributed by atoms with E-state index in [9.17, 15) is 4.79 Å². The number of furan rings is 1. The summed E-state index contributed by atoms with van der Waals surface area (Å²) >= 11 is 0. The van der Waals surface area contributed by atoms with Crippen LogP contribution in [0.5, 0.6) is 0 Å². The van der Waals surface area contributed by atoms with E-state index in [4.69, 9.17) is 10.2 Å². The molecule has 108 valence electrons. The number of carbonyl (C=O) groups excluding carboxylic acids is 1. The molecular weight excluding hydrogens is 264 g/mol. The Labute approximate surface area is 122 Å². The van der Waals surface area contributed by atoms with Gasteiger partial charge in [-0.2, -0.15) is 0 Å². The maximum Gasteiger partial charge on any atom is 0.241 e. The van der Waals surface area contributed by atoms with Crippen molar-refractivity contribution in [2.45, 2.75) is 25.8 Å². The summed E-state index contributed by atoms with van der Waals surface area (Å²) in [6.45, 7) is 2.01. The Morgan fingerprint density at radius 2 is 1.95 bits per heavy atom. The lowest BCUT2D eigenvalue weighted by molar-refractivity contribution is -0.117. The summed E-state index contributed by atoms with van der Waals surface area (Å²) in [7, 11) is 0. The summed E-state index contributed by atoms with van der Waals surface area (Å²) in [4.78, 5) is 12.0. The molecule has 4 nitrogen and oxygen atoms in total. The third kappa shape index (κ3) is 2.62. The lowest BCUT2D eigenvalue weighted by atomic mass is 10.1. The molecule has 0 saturated heterocycles. The zero-order valence-corrected chi connectivity index (χ0v) is 11.9. The van der Waals surface area contributed by atoms with E-state index in [2.05, 4.69) is 5.32 Å². The molecule has 1 heterocycles. The third-order valence-corrected chi connectivity index (χ3v) is 3.58. The Hall–Kier alpha value is -2.33. The van der Waals surface area contributed by atoms with Crippen molar-refractivity contribution < 1.29 is 9.21 Å². The molecule has 1 unspecified atom stereocenters. The number of anilines is 1. The highest BCUT2D eigenvalue weighted by Crippen LogP contribution is 2.30. The van der Waals surface area contributed by atoms with E-state index in [-0.39, 0.29) is 5.91 Å². The first-order valence-corrected chi connectivity index (χ1v) is 7.17. The molecule has 1 atom stereocenters. The van der Waals surface area contributed by atoms with Gasteiger partial charge in [-0.15, -0.1) is 0 Å². The molecule has 0 radical (unpaired) electrons. The average Bonchev–Trinajstić information content (AvgIpc) is 2.85. The van der Waals surface area contributed by atoms with Crippen molar-refractivity contribution >= 4 is 33.5 Å². The van der Waals surface area contributed by atoms with Gasteiger partial charge in [0.2, 0.25) is 5.91 Å². The monoisotopic (exact) mass is 282 g/mol. The van der Waals surface area contributed by atoms with Crippen molar-refractivity contribution in [2.75, 3.05) is 5.32 Å². The Morgan fingerprint density at radius 3 is 2.76 bits per heavy atom. The highest BCUT2D eigenvalue weighted by Gasteiger charge is 2.13. The van der Waals surface area contributed by atoms with Gasteiger partial charge < -0.3 is 15.5 Å².